The van der Waals surface area contributed by atoms with Gasteiger partial charge in [-0.2, -0.15) is 0 Å². The van der Waals surface area contributed by atoms with Gasteiger partial charge in [0.1, 0.15) is 12.0 Å². The van der Waals surface area contributed by atoms with Crippen molar-refractivity contribution in [2.45, 2.75) is 50.4 Å². The van der Waals surface area contributed by atoms with Crippen LogP contribution in [0, 0.1) is 17.2 Å². The number of amides is 1. The van der Waals surface area contributed by atoms with Crippen molar-refractivity contribution in [1.82, 2.24) is 9.62 Å². The van der Waals surface area contributed by atoms with Gasteiger partial charge in [-0.05, 0) is 43.2 Å². The van der Waals surface area contributed by atoms with E-state index < -0.39 is 51.4 Å². The Morgan fingerprint density at radius 2 is 1.79 bits per heavy atom. The van der Waals surface area contributed by atoms with Gasteiger partial charge in [-0.15, -0.1) is 0 Å². The molecule has 1 aliphatic heterocycles. The number of nitrogens with one attached hydrogen (secondary N) is 1. The Kier molecular flexibility index (Phi) is 5.96. The summed E-state index contributed by atoms with van der Waals surface area (Å²) in [4.78, 5) is 14.9. The van der Waals surface area contributed by atoms with E-state index in [0.717, 1.165) is 0 Å². The van der Waals surface area contributed by atoms with Crippen LogP contribution in [-0.4, -0.2) is 50.0 Å². The SMILES string of the molecule is O=C([C@H]1C[C@@H](F)C1)N1CC2(CC2)[C@H](NS(=O)(=O)CF)[C@@H]1Cc1cccc(-c2ccccc2)c1F. The predicted molar refractivity (Wildman–Crippen MR) is 122 cm³/mol. The summed E-state index contributed by atoms with van der Waals surface area (Å²) in [6.45, 7) is 0.309. The fraction of sp³-hybridized carbons (Fsp3) is 0.480. The summed E-state index contributed by atoms with van der Waals surface area (Å²) in [6.07, 6.45) is 0.740. The van der Waals surface area contributed by atoms with Crippen molar-refractivity contribution in [3.05, 3.63) is 59.9 Å². The molecule has 34 heavy (non-hydrogen) atoms. The van der Waals surface area contributed by atoms with Gasteiger partial charge in [0.25, 0.3) is 0 Å². The molecule has 1 heterocycles. The zero-order valence-electron chi connectivity index (χ0n) is 18.6. The Hall–Kier alpha value is -2.39. The summed E-state index contributed by atoms with van der Waals surface area (Å²) < 4.78 is 69.1. The zero-order chi connectivity index (χ0) is 24.1. The fourth-order valence-corrected chi connectivity index (χ4v) is 6.32. The van der Waals surface area contributed by atoms with Crippen molar-refractivity contribution in [3.8, 4) is 11.1 Å². The molecule has 2 atom stereocenters. The van der Waals surface area contributed by atoms with Crippen molar-refractivity contribution in [1.29, 1.82) is 0 Å². The van der Waals surface area contributed by atoms with Crippen LogP contribution >= 0.6 is 0 Å². The first-order chi connectivity index (χ1) is 16.2. The average molecular weight is 493 g/mol. The maximum absolute atomic E-state index is 15.6. The molecule has 2 saturated carbocycles. The third kappa shape index (κ3) is 4.24. The molecule has 3 fully saturated rings. The summed E-state index contributed by atoms with van der Waals surface area (Å²) in [6, 6.07) is 11.1. The highest BCUT2D eigenvalue weighted by Crippen LogP contribution is 2.56. The number of nitrogens with zero attached hydrogens (tertiary/aromatic N) is 1. The van der Waals surface area contributed by atoms with Crippen LogP contribution in [0.15, 0.2) is 48.5 Å². The number of halogens is 3. The van der Waals surface area contributed by atoms with Crippen LogP contribution in [0.25, 0.3) is 11.1 Å². The van der Waals surface area contributed by atoms with Crippen LogP contribution in [-0.2, 0) is 21.2 Å². The number of carbonyl (C=O) groups is 1. The fourth-order valence-electron chi connectivity index (χ4n) is 5.46. The smallest absolute Gasteiger partial charge is 0.241 e. The highest BCUT2D eigenvalue weighted by atomic mass is 32.2. The number of benzene rings is 2. The van der Waals surface area contributed by atoms with Gasteiger partial charge in [0.2, 0.25) is 21.9 Å². The minimum absolute atomic E-state index is 0.0746. The Bertz CT molecular complexity index is 1180. The average Bonchev–Trinajstić information content (AvgIpc) is 3.53. The van der Waals surface area contributed by atoms with Crippen LogP contribution in [0.3, 0.4) is 0 Å². The number of hydrogen-bond donors (Lipinski definition) is 1. The Morgan fingerprint density at radius 3 is 2.41 bits per heavy atom. The standard InChI is InChI=1S/C25H27F3N2O3S/c26-15-34(32,33)29-23-21(30(14-25(23)9-10-25)24(31)18-11-19(27)12-18)13-17-7-4-8-20(22(17)28)16-5-2-1-3-6-16/h1-8,18-19,21,23,29H,9-15H2/t18-,19+,21-,23+/m0/s1. The second kappa shape index (κ2) is 8.68. The third-order valence-corrected chi connectivity index (χ3v) is 8.48. The first-order valence-corrected chi connectivity index (χ1v) is 13.2. The lowest BCUT2D eigenvalue weighted by Gasteiger charge is -2.36. The number of likely N-dealkylation sites (tertiary alicyclic amines) is 1. The summed E-state index contributed by atoms with van der Waals surface area (Å²) in [7, 11) is -4.20. The molecule has 5 nitrogen and oxygen atoms in total. The van der Waals surface area contributed by atoms with E-state index in [1.807, 2.05) is 18.2 Å². The lowest BCUT2D eigenvalue weighted by atomic mass is 9.82. The molecule has 1 N–H and O–H groups in total. The number of hydrogen-bond acceptors (Lipinski definition) is 3. The molecule has 1 spiro atoms. The molecule has 3 aliphatic rings. The van der Waals surface area contributed by atoms with Gasteiger partial charge in [0.15, 0.2) is 0 Å². The van der Waals surface area contributed by atoms with Crippen LogP contribution in [0.2, 0.25) is 0 Å². The van der Waals surface area contributed by atoms with Crippen molar-refractivity contribution in [2.24, 2.45) is 11.3 Å². The van der Waals surface area contributed by atoms with Gasteiger partial charge in [0.05, 0.1) is 6.04 Å². The molecule has 0 bridgehead atoms. The van der Waals surface area contributed by atoms with E-state index in [2.05, 4.69) is 4.72 Å². The number of carbonyl (C=O) groups excluding carboxylic acids is 1. The van der Waals surface area contributed by atoms with E-state index in [1.54, 1.807) is 35.2 Å². The monoisotopic (exact) mass is 492 g/mol. The molecule has 0 unspecified atom stereocenters. The highest BCUT2D eigenvalue weighted by molar-refractivity contribution is 7.89. The number of alkyl halides is 2. The normalized spacial score (nSPS) is 27.6. The van der Waals surface area contributed by atoms with Crippen molar-refractivity contribution >= 4 is 15.9 Å². The highest BCUT2D eigenvalue weighted by Gasteiger charge is 2.62. The summed E-state index contributed by atoms with van der Waals surface area (Å²) in [5.41, 5.74) is 0.978. The molecule has 0 aromatic heterocycles. The molecule has 182 valence electrons. The van der Waals surface area contributed by atoms with E-state index >= 15 is 4.39 Å². The van der Waals surface area contributed by atoms with Crippen molar-refractivity contribution in [3.63, 3.8) is 0 Å². The van der Waals surface area contributed by atoms with E-state index in [1.165, 1.54) is 0 Å². The van der Waals surface area contributed by atoms with Gasteiger partial charge < -0.3 is 4.90 Å². The summed E-state index contributed by atoms with van der Waals surface area (Å²) >= 11 is 0. The number of rotatable bonds is 7. The van der Waals surface area contributed by atoms with Crippen LogP contribution in [0.1, 0.15) is 31.2 Å². The first kappa shape index (κ1) is 23.4. The molecule has 5 rings (SSSR count). The molecule has 1 saturated heterocycles. The summed E-state index contributed by atoms with van der Waals surface area (Å²) in [5.74, 6) is -1.12. The van der Waals surface area contributed by atoms with Gasteiger partial charge in [-0.3, -0.25) is 4.79 Å². The molecule has 2 aromatic rings. The second-order valence-electron chi connectivity index (χ2n) is 9.83. The van der Waals surface area contributed by atoms with Crippen LogP contribution in [0.5, 0.6) is 0 Å². The lowest BCUT2D eigenvalue weighted by Crippen LogP contribution is -2.52. The van der Waals surface area contributed by atoms with E-state index in [9.17, 15) is 22.0 Å². The lowest BCUT2D eigenvalue weighted by molar-refractivity contribution is -0.141. The van der Waals surface area contributed by atoms with E-state index in [0.29, 0.717) is 36.1 Å². The van der Waals surface area contributed by atoms with Gasteiger partial charge in [0, 0.05) is 29.5 Å². The van der Waals surface area contributed by atoms with Gasteiger partial charge >= 0.3 is 0 Å². The third-order valence-electron chi connectivity index (χ3n) is 7.58. The van der Waals surface area contributed by atoms with Crippen molar-refractivity contribution < 1.29 is 26.4 Å². The maximum atomic E-state index is 15.6. The second-order valence-corrected chi connectivity index (χ2v) is 11.5. The molecule has 2 aromatic carbocycles. The minimum atomic E-state index is -4.20. The topological polar surface area (TPSA) is 66.5 Å². The van der Waals surface area contributed by atoms with E-state index in [-0.39, 0.29) is 25.2 Å². The summed E-state index contributed by atoms with van der Waals surface area (Å²) in [5, 5.41) is 0. The first-order valence-electron chi connectivity index (χ1n) is 11.6. The van der Waals surface area contributed by atoms with Crippen molar-refractivity contribution in [2.75, 3.05) is 12.6 Å². The van der Waals surface area contributed by atoms with Gasteiger partial charge in [-0.25, -0.2) is 26.3 Å². The maximum Gasteiger partial charge on any atom is 0.241 e. The van der Waals surface area contributed by atoms with E-state index in [4.69, 9.17) is 0 Å². The Labute approximate surface area is 197 Å². The molecule has 9 heteroatoms. The van der Waals surface area contributed by atoms with Crippen LogP contribution < -0.4 is 4.72 Å². The largest absolute Gasteiger partial charge is 0.337 e. The molecular formula is C25H27F3N2O3S. The minimum Gasteiger partial charge on any atom is -0.337 e. The predicted octanol–water partition coefficient (Wildman–Crippen LogP) is 3.99. The molecule has 1 amide bonds. The quantitative estimate of drug-likeness (QED) is 0.636. The molecule has 0 radical (unpaired) electrons. The molecule has 2 aliphatic carbocycles. The zero-order valence-corrected chi connectivity index (χ0v) is 19.4. The molecular weight excluding hydrogens is 465 g/mol. The van der Waals surface area contributed by atoms with Gasteiger partial charge in [-0.1, -0.05) is 48.5 Å². The number of sulfonamides is 1. The van der Waals surface area contributed by atoms with Crippen LogP contribution in [0.4, 0.5) is 13.2 Å². The Morgan fingerprint density at radius 1 is 1.09 bits per heavy atom. The Balaban J connectivity index is 1.50.